The molecule has 2 rings (SSSR count). The Hall–Kier alpha value is -1.92. The molecule has 1 aromatic heterocycles. The number of para-hydroxylation sites is 2. The highest BCUT2D eigenvalue weighted by Gasteiger charge is 2.06. The predicted molar refractivity (Wildman–Crippen MR) is 80.2 cm³/mol. The summed E-state index contributed by atoms with van der Waals surface area (Å²) in [6, 6.07) is 7.32. The number of hydrogen-bond donors (Lipinski definition) is 2. The average Bonchev–Trinajstić information content (AvgIpc) is 2.85. The molecule has 1 aromatic carbocycles. The molecule has 0 aliphatic heterocycles. The summed E-state index contributed by atoms with van der Waals surface area (Å²) in [6.45, 7) is 2.78. The molecule has 1 amide bonds. The fourth-order valence-electron chi connectivity index (χ4n) is 1.74. The number of ether oxygens (including phenoxy) is 1. The van der Waals surface area contributed by atoms with Crippen LogP contribution in [0.4, 0.5) is 5.69 Å². The van der Waals surface area contributed by atoms with E-state index in [-0.39, 0.29) is 12.5 Å². The molecule has 0 fully saturated rings. The molecule has 0 bridgehead atoms. The van der Waals surface area contributed by atoms with E-state index in [0.29, 0.717) is 18.0 Å². The van der Waals surface area contributed by atoms with Crippen molar-refractivity contribution in [3.05, 3.63) is 40.3 Å². The Balaban J connectivity index is 1.80. The number of benzene rings is 1. The number of aryl methyl sites for hydroxylation is 1. The summed E-state index contributed by atoms with van der Waals surface area (Å²) in [4.78, 5) is 16.2. The van der Waals surface area contributed by atoms with Gasteiger partial charge in [-0.25, -0.2) is 4.98 Å². The minimum absolute atomic E-state index is 0.110. The number of anilines is 1. The number of carbonyl (C=O) groups excluding carboxylic acids is 1. The highest BCUT2D eigenvalue weighted by atomic mass is 32.1. The fourth-order valence-corrected chi connectivity index (χ4v) is 2.35. The summed E-state index contributed by atoms with van der Waals surface area (Å²) in [5.74, 6) is 0.539. The molecule has 0 aliphatic rings. The van der Waals surface area contributed by atoms with Crippen molar-refractivity contribution in [2.24, 2.45) is 0 Å². The molecule has 106 valence electrons. The predicted octanol–water partition coefficient (Wildman–Crippen LogP) is 2.19. The molecule has 0 aliphatic carbocycles. The van der Waals surface area contributed by atoms with Crippen molar-refractivity contribution >= 4 is 22.9 Å². The molecule has 1 heterocycles. The van der Waals surface area contributed by atoms with Gasteiger partial charge in [0.1, 0.15) is 5.75 Å². The second-order valence-electron chi connectivity index (χ2n) is 4.21. The molecule has 20 heavy (non-hydrogen) atoms. The SMILES string of the molecule is COc1ccccc1NC(=O)CNCc1csc(C)n1. The molecule has 0 atom stereocenters. The van der Waals surface area contributed by atoms with E-state index in [1.807, 2.05) is 24.4 Å². The smallest absolute Gasteiger partial charge is 0.238 e. The number of hydrogen-bond acceptors (Lipinski definition) is 5. The van der Waals surface area contributed by atoms with Crippen LogP contribution in [0.1, 0.15) is 10.7 Å². The van der Waals surface area contributed by atoms with Crippen LogP contribution in [0.3, 0.4) is 0 Å². The highest BCUT2D eigenvalue weighted by Crippen LogP contribution is 2.22. The minimum atomic E-state index is -0.110. The van der Waals surface area contributed by atoms with E-state index in [9.17, 15) is 4.79 Å². The van der Waals surface area contributed by atoms with E-state index in [4.69, 9.17) is 4.74 Å². The van der Waals surface area contributed by atoms with Crippen LogP contribution in [0.15, 0.2) is 29.6 Å². The molecule has 0 radical (unpaired) electrons. The number of nitrogens with one attached hydrogen (secondary N) is 2. The lowest BCUT2D eigenvalue weighted by Crippen LogP contribution is -2.27. The number of carbonyl (C=O) groups is 1. The first kappa shape index (κ1) is 14.5. The summed E-state index contributed by atoms with van der Waals surface area (Å²) in [5, 5.41) is 8.89. The number of rotatable bonds is 6. The molecule has 0 spiro atoms. The number of aromatic nitrogens is 1. The van der Waals surface area contributed by atoms with Gasteiger partial charge in [-0.2, -0.15) is 0 Å². The second kappa shape index (κ2) is 7.02. The summed E-state index contributed by atoms with van der Waals surface area (Å²) < 4.78 is 5.18. The van der Waals surface area contributed by atoms with Gasteiger partial charge in [-0.3, -0.25) is 4.79 Å². The highest BCUT2D eigenvalue weighted by molar-refractivity contribution is 7.09. The van der Waals surface area contributed by atoms with Gasteiger partial charge in [-0.15, -0.1) is 11.3 Å². The molecule has 0 saturated carbocycles. The van der Waals surface area contributed by atoms with Gasteiger partial charge in [-0.05, 0) is 19.1 Å². The molecule has 0 saturated heterocycles. The Kier molecular flexibility index (Phi) is 5.09. The molecular formula is C14H17N3O2S. The van der Waals surface area contributed by atoms with Gasteiger partial charge in [0.2, 0.25) is 5.91 Å². The van der Waals surface area contributed by atoms with E-state index >= 15 is 0 Å². The maximum absolute atomic E-state index is 11.8. The molecule has 5 nitrogen and oxygen atoms in total. The van der Waals surface area contributed by atoms with E-state index in [0.717, 1.165) is 10.7 Å². The van der Waals surface area contributed by atoms with Crippen molar-refractivity contribution in [3.63, 3.8) is 0 Å². The fraction of sp³-hybridized carbons (Fsp3) is 0.286. The number of nitrogens with zero attached hydrogens (tertiary/aromatic N) is 1. The van der Waals surface area contributed by atoms with Crippen molar-refractivity contribution in [1.82, 2.24) is 10.3 Å². The van der Waals surface area contributed by atoms with Crippen LogP contribution in [0.25, 0.3) is 0 Å². The largest absolute Gasteiger partial charge is 0.495 e. The van der Waals surface area contributed by atoms with Crippen LogP contribution in [0, 0.1) is 6.92 Å². The van der Waals surface area contributed by atoms with Crippen LogP contribution in [0.2, 0.25) is 0 Å². The van der Waals surface area contributed by atoms with Gasteiger partial charge in [0, 0.05) is 11.9 Å². The molecule has 2 N–H and O–H groups in total. The summed E-state index contributed by atoms with van der Waals surface area (Å²) in [6.07, 6.45) is 0. The van der Waals surface area contributed by atoms with Crippen molar-refractivity contribution in [3.8, 4) is 5.75 Å². The van der Waals surface area contributed by atoms with E-state index in [1.54, 1.807) is 30.6 Å². The van der Waals surface area contributed by atoms with Gasteiger partial charge in [-0.1, -0.05) is 12.1 Å². The molecule has 0 unspecified atom stereocenters. The zero-order chi connectivity index (χ0) is 14.4. The Bertz CT molecular complexity index is 583. The van der Waals surface area contributed by atoms with Crippen LogP contribution < -0.4 is 15.4 Å². The third-order valence-corrected chi connectivity index (χ3v) is 3.46. The van der Waals surface area contributed by atoms with Crippen molar-refractivity contribution < 1.29 is 9.53 Å². The first-order valence-corrected chi connectivity index (χ1v) is 7.11. The lowest BCUT2D eigenvalue weighted by atomic mass is 10.3. The van der Waals surface area contributed by atoms with Crippen LogP contribution in [-0.2, 0) is 11.3 Å². The minimum Gasteiger partial charge on any atom is -0.495 e. The van der Waals surface area contributed by atoms with Gasteiger partial charge in [0.25, 0.3) is 0 Å². The Morgan fingerprint density at radius 1 is 1.40 bits per heavy atom. The monoisotopic (exact) mass is 291 g/mol. The van der Waals surface area contributed by atoms with E-state index < -0.39 is 0 Å². The number of amides is 1. The molecule has 2 aromatic rings. The van der Waals surface area contributed by atoms with Gasteiger partial charge in [0.05, 0.1) is 30.0 Å². The van der Waals surface area contributed by atoms with Crippen LogP contribution in [0.5, 0.6) is 5.75 Å². The first-order valence-electron chi connectivity index (χ1n) is 6.23. The van der Waals surface area contributed by atoms with Gasteiger partial charge in [0.15, 0.2) is 0 Å². The van der Waals surface area contributed by atoms with E-state index in [1.165, 1.54) is 0 Å². The van der Waals surface area contributed by atoms with Crippen LogP contribution in [-0.4, -0.2) is 24.5 Å². The van der Waals surface area contributed by atoms with Crippen molar-refractivity contribution in [1.29, 1.82) is 0 Å². The lowest BCUT2D eigenvalue weighted by Gasteiger charge is -2.09. The second-order valence-corrected chi connectivity index (χ2v) is 5.27. The summed E-state index contributed by atoms with van der Waals surface area (Å²) in [5.41, 5.74) is 1.63. The van der Waals surface area contributed by atoms with E-state index in [2.05, 4.69) is 15.6 Å². The normalized spacial score (nSPS) is 10.3. The zero-order valence-electron chi connectivity index (χ0n) is 11.5. The Morgan fingerprint density at radius 3 is 2.90 bits per heavy atom. The first-order chi connectivity index (χ1) is 9.69. The third-order valence-electron chi connectivity index (χ3n) is 2.64. The maximum Gasteiger partial charge on any atom is 0.238 e. The Morgan fingerprint density at radius 2 is 2.20 bits per heavy atom. The van der Waals surface area contributed by atoms with Crippen LogP contribution >= 0.6 is 11.3 Å². The Labute approximate surface area is 122 Å². The quantitative estimate of drug-likeness (QED) is 0.856. The lowest BCUT2D eigenvalue weighted by molar-refractivity contribution is -0.115. The molecular weight excluding hydrogens is 274 g/mol. The maximum atomic E-state index is 11.8. The summed E-state index contributed by atoms with van der Waals surface area (Å²) in [7, 11) is 1.58. The van der Waals surface area contributed by atoms with Crippen molar-refractivity contribution in [2.75, 3.05) is 19.0 Å². The standard InChI is InChI=1S/C14H17N3O2S/c1-10-16-11(9-20-10)7-15-8-14(18)17-12-5-3-4-6-13(12)19-2/h3-6,9,15H,7-8H2,1-2H3,(H,17,18). The summed E-state index contributed by atoms with van der Waals surface area (Å²) >= 11 is 1.60. The average molecular weight is 291 g/mol. The third kappa shape index (κ3) is 4.04. The van der Waals surface area contributed by atoms with Gasteiger partial charge >= 0.3 is 0 Å². The van der Waals surface area contributed by atoms with Crippen molar-refractivity contribution in [2.45, 2.75) is 13.5 Å². The zero-order valence-corrected chi connectivity index (χ0v) is 12.3. The van der Waals surface area contributed by atoms with Gasteiger partial charge < -0.3 is 15.4 Å². The topological polar surface area (TPSA) is 63.2 Å². The number of thiazole rings is 1. The number of methoxy groups -OCH3 is 1. The molecule has 6 heteroatoms.